The summed E-state index contributed by atoms with van der Waals surface area (Å²) in [4.78, 5) is 1.44. The van der Waals surface area contributed by atoms with Gasteiger partial charge in [-0.2, -0.15) is 0 Å². The minimum absolute atomic E-state index is 0.878. The first kappa shape index (κ1) is 13.4. The second kappa shape index (κ2) is 5.47. The molecular weight excluding hydrogens is 286 g/mol. The highest BCUT2D eigenvalue weighted by molar-refractivity contribution is 7.19. The Hall–Kier alpha value is -2.32. The molecule has 1 heterocycles. The van der Waals surface area contributed by atoms with Gasteiger partial charge in [0.15, 0.2) is 0 Å². The molecular formula is C20H17NS. The van der Waals surface area contributed by atoms with Crippen LogP contribution in [0.4, 0.5) is 5.69 Å². The fraction of sp³-hybridized carbons (Fsp3) is 0.100. The van der Waals surface area contributed by atoms with Gasteiger partial charge in [0.25, 0.3) is 0 Å². The van der Waals surface area contributed by atoms with Gasteiger partial charge in [-0.3, -0.25) is 0 Å². The summed E-state index contributed by atoms with van der Waals surface area (Å²) >= 11 is 1.88. The Bertz CT molecular complexity index is 885. The molecule has 1 nitrogen and oxygen atoms in total. The highest BCUT2D eigenvalue weighted by Crippen LogP contribution is 2.39. The molecule has 0 aliphatic heterocycles. The largest absolute Gasteiger partial charge is 0.398 e. The number of anilines is 1. The lowest BCUT2D eigenvalue weighted by atomic mass is 9.97. The fourth-order valence-electron chi connectivity index (χ4n) is 3.03. The van der Waals surface area contributed by atoms with Crippen molar-refractivity contribution in [2.45, 2.75) is 12.8 Å². The monoisotopic (exact) mass is 303 g/mol. The molecule has 1 aliphatic rings. The van der Waals surface area contributed by atoms with E-state index in [1.54, 1.807) is 0 Å². The Balaban J connectivity index is 1.98. The van der Waals surface area contributed by atoms with Gasteiger partial charge in [-0.1, -0.05) is 48.6 Å². The molecule has 0 amide bonds. The molecule has 0 bridgehead atoms. The second-order valence-corrected chi connectivity index (χ2v) is 6.70. The van der Waals surface area contributed by atoms with E-state index in [4.69, 9.17) is 5.73 Å². The first-order valence-corrected chi connectivity index (χ1v) is 8.38. The van der Waals surface area contributed by atoms with Crippen LogP contribution in [0.5, 0.6) is 0 Å². The van der Waals surface area contributed by atoms with Crippen LogP contribution in [0, 0.1) is 0 Å². The maximum absolute atomic E-state index is 6.26. The van der Waals surface area contributed by atoms with Gasteiger partial charge >= 0.3 is 0 Å². The molecule has 0 unspecified atom stereocenters. The van der Waals surface area contributed by atoms with Crippen molar-refractivity contribution < 1.29 is 0 Å². The van der Waals surface area contributed by atoms with Crippen molar-refractivity contribution in [1.82, 2.24) is 0 Å². The van der Waals surface area contributed by atoms with Crippen molar-refractivity contribution in [2.24, 2.45) is 0 Å². The molecule has 0 radical (unpaired) electrons. The summed E-state index contributed by atoms with van der Waals surface area (Å²) in [6.07, 6.45) is 8.97. The normalized spacial score (nSPS) is 18.1. The van der Waals surface area contributed by atoms with E-state index in [2.05, 4.69) is 54.6 Å². The standard InChI is InChI=1S/C20H17NS/c21-17-10-6-12-19-20(17)16-13-15(14-7-2-1-3-8-14)9-4-5-11-18(16)22-19/h1-4,6-10,12-13H,5,11,21H2/b9-4+,15-13+. The van der Waals surface area contributed by atoms with E-state index in [1.807, 2.05) is 23.5 Å². The number of hydrogen-bond acceptors (Lipinski definition) is 2. The van der Waals surface area contributed by atoms with Gasteiger partial charge in [0.1, 0.15) is 0 Å². The number of thiophene rings is 1. The molecule has 108 valence electrons. The van der Waals surface area contributed by atoms with Crippen LogP contribution in [0.25, 0.3) is 21.7 Å². The van der Waals surface area contributed by atoms with Crippen LogP contribution in [0.15, 0.2) is 60.7 Å². The molecule has 2 heteroatoms. The first-order chi connectivity index (χ1) is 10.8. The predicted molar refractivity (Wildman–Crippen MR) is 98.0 cm³/mol. The molecule has 0 spiro atoms. The molecule has 1 aromatic heterocycles. The summed E-state index contributed by atoms with van der Waals surface area (Å²) in [5.41, 5.74) is 10.9. The van der Waals surface area contributed by atoms with E-state index in [0.29, 0.717) is 0 Å². The van der Waals surface area contributed by atoms with E-state index < -0.39 is 0 Å². The second-order valence-electron chi connectivity index (χ2n) is 5.57. The zero-order valence-corrected chi connectivity index (χ0v) is 13.1. The molecule has 2 N–H and O–H groups in total. The SMILES string of the molecule is Nc1cccc2sc3c(c12)/C=C(c1ccccc1)\C=C\CC3. The molecule has 3 aromatic rings. The number of nitrogens with two attached hydrogens (primary N) is 1. The summed E-state index contributed by atoms with van der Waals surface area (Å²) in [5, 5.41) is 1.21. The zero-order valence-electron chi connectivity index (χ0n) is 12.3. The summed E-state index contributed by atoms with van der Waals surface area (Å²) < 4.78 is 1.29. The van der Waals surface area contributed by atoms with Gasteiger partial charge in [-0.05, 0) is 47.8 Å². The Morgan fingerprint density at radius 2 is 1.82 bits per heavy atom. The Kier molecular flexibility index (Phi) is 3.32. The molecule has 1 aliphatic carbocycles. The number of benzene rings is 2. The van der Waals surface area contributed by atoms with E-state index in [-0.39, 0.29) is 0 Å². The molecule has 0 saturated carbocycles. The summed E-state index contributed by atoms with van der Waals surface area (Å²) in [5.74, 6) is 0. The van der Waals surface area contributed by atoms with Gasteiger partial charge in [-0.15, -0.1) is 11.3 Å². The smallest absolute Gasteiger partial charge is 0.0408 e. The quantitative estimate of drug-likeness (QED) is 0.588. The van der Waals surface area contributed by atoms with Gasteiger partial charge in [0.2, 0.25) is 0 Å². The van der Waals surface area contributed by atoms with Crippen molar-refractivity contribution in [2.75, 3.05) is 5.73 Å². The Morgan fingerprint density at radius 3 is 2.68 bits per heavy atom. The molecule has 4 rings (SSSR count). The lowest BCUT2D eigenvalue weighted by molar-refractivity contribution is 1.02. The third-order valence-corrected chi connectivity index (χ3v) is 5.33. The number of rotatable bonds is 1. The van der Waals surface area contributed by atoms with Crippen LogP contribution in [-0.4, -0.2) is 0 Å². The molecule has 0 atom stereocenters. The van der Waals surface area contributed by atoms with Crippen LogP contribution in [0.1, 0.15) is 22.4 Å². The molecule has 0 fully saturated rings. The van der Waals surface area contributed by atoms with Gasteiger partial charge in [0.05, 0.1) is 0 Å². The summed E-state index contributed by atoms with van der Waals surface area (Å²) in [7, 11) is 0. The number of aryl methyl sites for hydroxylation is 1. The van der Waals surface area contributed by atoms with Crippen molar-refractivity contribution in [1.29, 1.82) is 0 Å². The Labute approximate surface area is 134 Å². The van der Waals surface area contributed by atoms with Crippen LogP contribution in [0.3, 0.4) is 0 Å². The third kappa shape index (κ3) is 2.26. The summed E-state index contributed by atoms with van der Waals surface area (Å²) in [6.45, 7) is 0. The number of nitrogen functional groups attached to an aromatic ring is 1. The van der Waals surface area contributed by atoms with Gasteiger partial charge in [0, 0.05) is 20.7 Å². The van der Waals surface area contributed by atoms with Crippen molar-refractivity contribution in [3.63, 3.8) is 0 Å². The molecule has 22 heavy (non-hydrogen) atoms. The minimum atomic E-state index is 0.878. The van der Waals surface area contributed by atoms with E-state index in [0.717, 1.165) is 18.5 Å². The number of allylic oxidation sites excluding steroid dienone is 3. The number of fused-ring (bicyclic) bond motifs is 3. The fourth-order valence-corrected chi connectivity index (χ4v) is 4.26. The van der Waals surface area contributed by atoms with Crippen LogP contribution >= 0.6 is 11.3 Å². The minimum Gasteiger partial charge on any atom is -0.398 e. The first-order valence-electron chi connectivity index (χ1n) is 7.56. The zero-order chi connectivity index (χ0) is 14.9. The van der Waals surface area contributed by atoms with Crippen LogP contribution in [-0.2, 0) is 6.42 Å². The number of hydrogen-bond donors (Lipinski definition) is 1. The third-order valence-electron chi connectivity index (χ3n) is 4.10. The maximum Gasteiger partial charge on any atom is 0.0408 e. The lowest BCUT2D eigenvalue weighted by Gasteiger charge is -2.08. The maximum atomic E-state index is 6.26. The molecule has 2 aromatic carbocycles. The highest BCUT2D eigenvalue weighted by atomic mass is 32.1. The van der Waals surface area contributed by atoms with Gasteiger partial charge in [-0.25, -0.2) is 0 Å². The van der Waals surface area contributed by atoms with E-state index >= 15 is 0 Å². The van der Waals surface area contributed by atoms with Crippen molar-refractivity contribution >= 4 is 38.8 Å². The molecule has 0 saturated heterocycles. The van der Waals surface area contributed by atoms with Crippen LogP contribution in [0.2, 0.25) is 0 Å². The lowest BCUT2D eigenvalue weighted by Crippen LogP contribution is -1.91. The van der Waals surface area contributed by atoms with Crippen LogP contribution < -0.4 is 5.73 Å². The van der Waals surface area contributed by atoms with Gasteiger partial charge < -0.3 is 5.73 Å². The highest BCUT2D eigenvalue weighted by Gasteiger charge is 2.14. The average molecular weight is 303 g/mol. The topological polar surface area (TPSA) is 26.0 Å². The average Bonchev–Trinajstić information content (AvgIpc) is 2.86. The van der Waals surface area contributed by atoms with Crippen molar-refractivity contribution in [3.8, 4) is 0 Å². The Morgan fingerprint density at radius 1 is 0.955 bits per heavy atom. The van der Waals surface area contributed by atoms with Crippen molar-refractivity contribution in [3.05, 3.63) is 76.7 Å². The summed E-state index contributed by atoms with van der Waals surface area (Å²) in [6, 6.07) is 16.8. The predicted octanol–water partition coefficient (Wildman–Crippen LogP) is 5.53. The van der Waals surface area contributed by atoms with E-state index in [1.165, 1.54) is 31.7 Å². The van der Waals surface area contributed by atoms with E-state index in [9.17, 15) is 0 Å².